The molecule has 2 nitrogen and oxygen atoms in total. The second kappa shape index (κ2) is 7.57. The van der Waals surface area contributed by atoms with E-state index in [4.69, 9.17) is 0 Å². The molecular formula is C16H24F4O2. The van der Waals surface area contributed by atoms with Crippen molar-refractivity contribution in [1.82, 2.24) is 0 Å². The van der Waals surface area contributed by atoms with Gasteiger partial charge in [0.15, 0.2) is 5.60 Å². The molecule has 1 unspecified atom stereocenters. The van der Waals surface area contributed by atoms with Crippen molar-refractivity contribution in [3.63, 3.8) is 0 Å². The van der Waals surface area contributed by atoms with Gasteiger partial charge in [0.2, 0.25) is 0 Å². The fraction of sp³-hybridized carbons (Fsp3) is 0.812. The maximum atomic E-state index is 13.1. The lowest BCUT2D eigenvalue weighted by atomic mass is 9.67. The molecule has 1 aliphatic carbocycles. The highest BCUT2D eigenvalue weighted by atomic mass is 19.4. The lowest BCUT2D eigenvalue weighted by Crippen LogP contribution is -2.56. The quantitative estimate of drug-likeness (QED) is 0.447. The zero-order chi connectivity index (χ0) is 17.0. The molecule has 1 aliphatic rings. The smallest absolute Gasteiger partial charge is 0.378 e. The number of carbonyl (C=O) groups excluding carboxylic acids is 1. The van der Waals surface area contributed by atoms with Gasteiger partial charge in [-0.25, -0.2) is 4.39 Å². The van der Waals surface area contributed by atoms with Crippen LogP contribution in [0, 0.1) is 11.8 Å². The average molecular weight is 324 g/mol. The Labute approximate surface area is 128 Å². The molecule has 0 aromatic heterocycles. The zero-order valence-corrected chi connectivity index (χ0v) is 13.0. The van der Waals surface area contributed by atoms with Crippen LogP contribution in [0.1, 0.15) is 52.4 Å². The number of unbranched alkanes of at least 4 members (excludes halogenated alkanes) is 2. The van der Waals surface area contributed by atoms with Crippen molar-refractivity contribution in [3.05, 3.63) is 11.6 Å². The first-order valence-electron chi connectivity index (χ1n) is 7.70. The van der Waals surface area contributed by atoms with Gasteiger partial charge in [0.25, 0.3) is 0 Å². The van der Waals surface area contributed by atoms with Crippen LogP contribution in [0.3, 0.4) is 0 Å². The van der Waals surface area contributed by atoms with E-state index in [9.17, 15) is 27.5 Å². The largest absolute Gasteiger partial charge is 0.420 e. The molecule has 1 fully saturated rings. The van der Waals surface area contributed by atoms with Crippen LogP contribution in [0.25, 0.3) is 0 Å². The summed E-state index contributed by atoms with van der Waals surface area (Å²) in [6.45, 7) is 1.79. The molecule has 3 atom stereocenters. The molecule has 0 aromatic rings. The Hall–Kier alpha value is -0.910. The van der Waals surface area contributed by atoms with E-state index in [1.165, 1.54) is 0 Å². The summed E-state index contributed by atoms with van der Waals surface area (Å²) in [5.41, 5.74) is -2.74. The highest BCUT2D eigenvalue weighted by molar-refractivity contribution is 5.80. The van der Waals surface area contributed by atoms with Gasteiger partial charge in [0.05, 0.1) is 0 Å². The zero-order valence-electron chi connectivity index (χ0n) is 13.0. The van der Waals surface area contributed by atoms with Crippen LogP contribution in [0.15, 0.2) is 11.6 Å². The Bertz CT molecular complexity index is 417. The molecule has 0 amide bonds. The van der Waals surface area contributed by atoms with Gasteiger partial charge >= 0.3 is 6.18 Å². The van der Waals surface area contributed by atoms with Crippen molar-refractivity contribution in [3.8, 4) is 0 Å². The molecule has 0 spiro atoms. The van der Waals surface area contributed by atoms with Crippen molar-refractivity contribution >= 4 is 5.78 Å². The molecule has 22 heavy (non-hydrogen) atoms. The number of hydrogen-bond donors (Lipinski definition) is 1. The number of carbonyl (C=O) groups is 1. The van der Waals surface area contributed by atoms with Gasteiger partial charge in [-0.2, -0.15) is 13.2 Å². The second-order valence-corrected chi connectivity index (χ2v) is 6.14. The summed E-state index contributed by atoms with van der Waals surface area (Å²) in [7, 11) is 0. The number of halogens is 4. The fourth-order valence-electron chi connectivity index (χ4n) is 3.13. The van der Waals surface area contributed by atoms with Gasteiger partial charge < -0.3 is 5.11 Å². The third kappa shape index (κ3) is 4.09. The Kier molecular flexibility index (Phi) is 6.59. The average Bonchev–Trinajstić information content (AvgIpc) is 2.45. The van der Waals surface area contributed by atoms with Crippen molar-refractivity contribution in [2.24, 2.45) is 11.8 Å². The predicted octanol–water partition coefficient (Wildman–Crippen LogP) is 4.37. The van der Waals surface area contributed by atoms with Crippen LogP contribution < -0.4 is 0 Å². The summed E-state index contributed by atoms with van der Waals surface area (Å²) in [4.78, 5) is 11.6. The molecule has 0 aliphatic heterocycles. The molecule has 1 saturated carbocycles. The van der Waals surface area contributed by atoms with Gasteiger partial charge in [-0.1, -0.05) is 31.4 Å². The Morgan fingerprint density at radius 2 is 2.05 bits per heavy atom. The van der Waals surface area contributed by atoms with Gasteiger partial charge in [-0.15, -0.1) is 0 Å². The SMILES string of the molecule is CCCC/C=C(\C)[C@H]1CC(=O)CC[C@@H]1C(O)(CF)C(F)(F)F. The van der Waals surface area contributed by atoms with Gasteiger partial charge in [0, 0.05) is 18.8 Å². The van der Waals surface area contributed by atoms with Crippen molar-refractivity contribution in [2.75, 3.05) is 6.67 Å². The lowest BCUT2D eigenvalue weighted by molar-refractivity contribution is -0.290. The number of hydrogen-bond acceptors (Lipinski definition) is 2. The maximum absolute atomic E-state index is 13.1. The molecule has 0 heterocycles. The highest BCUT2D eigenvalue weighted by Gasteiger charge is 2.61. The van der Waals surface area contributed by atoms with E-state index in [1.54, 1.807) is 6.92 Å². The summed E-state index contributed by atoms with van der Waals surface area (Å²) in [6.07, 6.45) is -0.909. The topological polar surface area (TPSA) is 37.3 Å². The third-order valence-corrected chi connectivity index (χ3v) is 4.58. The van der Waals surface area contributed by atoms with Gasteiger partial charge in [-0.05, 0) is 25.7 Å². The van der Waals surface area contributed by atoms with E-state index in [1.807, 2.05) is 13.0 Å². The fourth-order valence-corrected chi connectivity index (χ4v) is 3.13. The predicted molar refractivity (Wildman–Crippen MR) is 76.1 cm³/mol. The molecule has 128 valence electrons. The first-order valence-corrected chi connectivity index (χ1v) is 7.70. The first kappa shape index (κ1) is 19.1. The summed E-state index contributed by atoms with van der Waals surface area (Å²) < 4.78 is 52.5. The normalized spacial score (nSPS) is 26.9. The Morgan fingerprint density at radius 3 is 2.55 bits per heavy atom. The minimum atomic E-state index is -5.05. The number of rotatable bonds is 6. The third-order valence-electron chi connectivity index (χ3n) is 4.58. The van der Waals surface area contributed by atoms with Gasteiger partial charge in [0.1, 0.15) is 12.5 Å². The molecule has 6 heteroatoms. The van der Waals surface area contributed by atoms with Crippen molar-refractivity contribution in [2.45, 2.75) is 64.1 Å². The van der Waals surface area contributed by atoms with Gasteiger partial charge in [-0.3, -0.25) is 4.79 Å². The van der Waals surface area contributed by atoms with E-state index in [-0.39, 0.29) is 25.0 Å². The van der Waals surface area contributed by atoms with E-state index in [0.717, 1.165) is 12.8 Å². The second-order valence-electron chi connectivity index (χ2n) is 6.14. The molecule has 0 aromatic carbocycles. The number of allylic oxidation sites excluding steroid dienone is 2. The van der Waals surface area contributed by atoms with E-state index < -0.39 is 30.3 Å². The molecule has 1 N–H and O–H groups in total. The number of aliphatic hydroxyl groups is 1. The Morgan fingerprint density at radius 1 is 1.41 bits per heavy atom. The van der Waals surface area contributed by atoms with E-state index >= 15 is 0 Å². The first-order chi connectivity index (χ1) is 10.2. The highest BCUT2D eigenvalue weighted by Crippen LogP contribution is 2.47. The van der Waals surface area contributed by atoms with Crippen LogP contribution in [0.2, 0.25) is 0 Å². The number of Topliss-reactive ketones (excluding diaryl/α,β-unsaturated/α-hetero) is 1. The van der Waals surface area contributed by atoms with Crippen LogP contribution in [0.5, 0.6) is 0 Å². The molecule has 0 saturated heterocycles. The molecule has 0 bridgehead atoms. The van der Waals surface area contributed by atoms with Crippen LogP contribution in [0.4, 0.5) is 17.6 Å². The van der Waals surface area contributed by atoms with Crippen molar-refractivity contribution < 1.29 is 27.5 Å². The number of alkyl halides is 4. The van der Waals surface area contributed by atoms with Crippen LogP contribution in [-0.4, -0.2) is 29.3 Å². The lowest BCUT2D eigenvalue weighted by Gasteiger charge is -2.42. The molecule has 0 radical (unpaired) electrons. The van der Waals surface area contributed by atoms with Crippen molar-refractivity contribution in [1.29, 1.82) is 0 Å². The number of ketones is 1. The summed E-state index contributed by atoms with van der Waals surface area (Å²) in [5.74, 6) is -2.19. The summed E-state index contributed by atoms with van der Waals surface area (Å²) in [6, 6.07) is 0. The summed E-state index contributed by atoms with van der Waals surface area (Å²) in [5, 5.41) is 9.92. The molecular weight excluding hydrogens is 300 g/mol. The monoisotopic (exact) mass is 324 g/mol. The Balaban J connectivity index is 3.08. The standard InChI is InChI=1S/C16H24F4O2/c1-3-4-5-6-11(2)13-9-12(21)7-8-14(13)15(22,10-17)16(18,19)20/h6,13-14,22H,3-5,7-10H2,1-2H3/b11-6+/t13-,14+,15?/m1/s1. The minimum absolute atomic E-state index is 0.0399. The van der Waals surface area contributed by atoms with E-state index in [2.05, 4.69) is 0 Å². The van der Waals surface area contributed by atoms with Crippen LogP contribution >= 0.6 is 0 Å². The van der Waals surface area contributed by atoms with Crippen LogP contribution in [-0.2, 0) is 4.79 Å². The van der Waals surface area contributed by atoms with E-state index in [0.29, 0.717) is 12.0 Å². The maximum Gasteiger partial charge on any atom is 0.420 e. The molecule has 1 rings (SSSR count). The summed E-state index contributed by atoms with van der Waals surface area (Å²) >= 11 is 0. The minimum Gasteiger partial charge on any atom is -0.378 e.